The van der Waals surface area contributed by atoms with Crippen molar-refractivity contribution in [2.24, 2.45) is 0 Å². The van der Waals surface area contributed by atoms with E-state index >= 15 is 0 Å². The van der Waals surface area contributed by atoms with Crippen LogP contribution < -0.4 is 10.2 Å². The lowest BCUT2D eigenvalue weighted by molar-refractivity contribution is 0.0937. The second-order valence-corrected chi connectivity index (χ2v) is 7.43. The van der Waals surface area contributed by atoms with Gasteiger partial charge >= 0.3 is 0 Å². The molecule has 142 valence electrons. The van der Waals surface area contributed by atoms with Gasteiger partial charge in [0.1, 0.15) is 0 Å². The zero-order chi connectivity index (χ0) is 19.4. The molecule has 0 radical (unpaired) electrons. The van der Waals surface area contributed by atoms with Gasteiger partial charge in [-0.3, -0.25) is 9.59 Å². The molecular weight excluding hydrogens is 336 g/mol. The molecule has 1 heterocycles. The number of anilines is 1. The predicted octanol–water partition coefficient (Wildman–Crippen LogP) is 4.51. The lowest BCUT2D eigenvalue weighted by atomic mass is 9.98. The number of aryl methyl sites for hydroxylation is 2. The average Bonchev–Trinajstić information content (AvgIpc) is 2.67. The molecule has 2 amide bonds. The first-order valence-electron chi connectivity index (χ1n) is 9.82. The number of nitrogens with one attached hydrogen (secondary N) is 1. The summed E-state index contributed by atoms with van der Waals surface area (Å²) in [5.41, 5.74) is 4.49. The lowest BCUT2D eigenvalue weighted by Crippen LogP contribution is -2.36. The molecule has 1 N–H and O–H groups in total. The number of fused-ring (bicyclic) bond motifs is 1. The number of nitrogens with zero attached hydrogens (tertiary/aromatic N) is 1. The molecule has 0 spiro atoms. The third kappa shape index (κ3) is 4.38. The topological polar surface area (TPSA) is 49.4 Å². The summed E-state index contributed by atoms with van der Waals surface area (Å²) in [6, 6.07) is 13.5. The molecular formula is C23H28N2O2. The van der Waals surface area contributed by atoms with Crippen LogP contribution in [0.4, 0.5) is 5.69 Å². The minimum Gasteiger partial charge on any atom is -0.350 e. The molecule has 0 unspecified atom stereocenters. The predicted molar refractivity (Wildman–Crippen MR) is 109 cm³/mol. The molecule has 0 aliphatic carbocycles. The van der Waals surface area contributed by atoms with Gasteiger partial charge in [0.25, 0.3) is 11.8 Å². The van der Waals surface area contributed by atoms with E-state index in [0.29, 0.717) is 17.7 Å². The summed E-state index contributed by atoms with van der Waals surface area (Å²) in [6.45, 7) is 6.86. The fourth-order valence-corrected chi connectivity index (χ4v) is 3.61. The maximum Gasteiger partial charge on any atom is 0.258 e. The van der Waals surface area contributed by atoms with Gasteiger partial charge in [-0.1, -0.05) is 31.0 Å². The van der Waals surface area contributed by atoms with Gasteiger partial charge in [-0.15, -0.1) is 0 Å². The number of rotatable bonds is 5. The Hall–Kier alpha value is -2.62. The Labute approximate surface area is 161 Å². The molecule has 4 nitrogen and oxygen atoms in total. The maximum atomic E-state index is 13.0. The monoisotopic (exact) mass is 364 g/mol. The van der Waals surface area contributed by atoms with Crippen molar-refractivity contribution in [3.05, 3.63) is 64.7 Å². The standard InChI is InChI=1S/C23H28N2O2/c1-4-6-17(3)24-22(26)20-12-13-21-19(15-20)7-5-14-25(21)23(27)18-10-8-16(2)9-11-18/h8-13,15,17H,4-7,14H2,1-3H3,(H,24,26)/t17-/m1/s1. The maximum absolute atomic E-state index is 13.0. The largest absolute Gasteiger partial charge is 0.350 e. The Morgan fingerprint density at radius 3 is 2.52 bits per heavy atom. The van der Waals surface area contributed by atoms with Gasteiger partial charge in [0, 0.05) is 29.4 Å². The fraction of sp³-hybridized carbons (Fsp3) is 0.391. The smallest absolute Gasteiger partial charge is 0.258 e. The Balaban J connectivity index is 1.81. The van der Waals surface area contributed by atoms with Crippen LogP contribution in [0, 0.1) is 6.92 Å². The second kappa shape index (κ2) is 8.38. The van der Waals surface area contributed by atoms with Crippen molar-refractivity contribution in [1.82, 2.24) is 5.32 Å². The third-order valence-corrected chi connectivity index (χ3v) is 5.10. The summed E-state index contributed by atoms with van der Waals surface area (Å²) >= 11 is 0. The van der Waals surface area contributed by atoms with Crippen LogP contribution in [-0.4, -0.2) is 24.4 Å². The first-order chi connectivity index (χ1) is 13.0. The molecule has 1 atom stereocenters. The molecule has 0 fully saturated rings. The molecule has 0 saturated carbocycles. The van der Waals surface area contributed by atoms with Crippen LogP contribution in [0.5, 0.6) is 0 Å². The van der Waals surface area contributed by atoms with Crippen LogP contribution >= 0.6 is 0 Å². The molecule has 27 heavy (non-hydrogen) atoms. The van der Waals surface area contributed by atoms with Gasteiger partial charge in [-0.05, 0) is 69.0 Å². The Morgan fingerprint density at radius 1 is 1.11 bits per heavy atom. The highest BCUT2D eigenvalue weighted by molar-refractivity contribution is 6.07. The minimum atomic E-state index is -0.0410. The van der Waals surface area contributed by atoms with Gasteiger partial charge in [0.05, 0.1) is 0 Å². The summed E-state index contributed by atoms with van der Waals surface area (Å²) in [6.07, 6.45) is 3.80. The number of benzene rings is 2. The Bertz CT molecular complexity index is 827. The van der Waals surface area contributed by atoms with Crippen molar-refractivity contribution < 1.29 is 9.59 Å². The van der Waals surface area contributed by atoms with Crippen LogP contribution in [0.25, 0.3) is 0 Å². The van der Waals surface area contributed by atoms with Gasteiger partial charge in [0.2, 0.25) is 0 Å². The molecule has 0 bridgehead atoms. The van der Waals surface area contributed by atoms with E-state index < -0.39 is 0 Å². The molecule has 2 aromatic rings. The highest BCUT2D eigenvalue weighted by atomic mass is 16.2. The van der Waals surface area contributed by atoms with E-state index in [2.05, 4.69) is 12.2 Å². The van der Waals surface area contributed by atoms with E-state index in [1.807, 2.05) is 61.2 Å². The number of amides is 2. The van der Waals surface area contributed by atoms with E-state index in [0.717, 1.165) is 42.5 Å². The molecule has 0 saturated heterocycles. The number of hydrogen-bond acceptors (Lipinski definition) is 2. The van der Waals surface area contributed by atoms with Crippen LogP contribution in [0.15, 0.2) is 42.5 Å². The molecule has 0 aromatic heterocycles. The first kappa shape index (κ1) is 19.2. The second-order valence-electron chi connectivity index (χ2n) is 7.43. The molecule has 1 aliphatic heterocycles. The van der Waals surface area contributed by atoms with E-state index in [9.17, 15) is 9.59 Å². The highest BCUT2D eigenvalue weighted by Crippen LogP contribution is 2.29. The zero-order valence-corrected chi connectivity index (χ0v) is 16.4. The van der Waals surface area contributed by atoms with Crippen molar-refractivity contribution in [1.29, 1.82) is 0 Å². The number of carbonyl (C=O) groups is 2. The Morgan fingerprint density at radius 2 is 1.81 bits per heavy atom. The third-order valence-electron chi connectivity index (χ3n) is 5.10. The summed E-state index contributed by atoms with van der Waals surface area (Å²) < 4.78 is 0. The molecule has 1 aliphatic rings. The quantitative estimate of drug-likeness (QED) is 0.849. The van der Waals surface area contributed by atoms with E-state index in [1.54, 1.807) is 0 Å². The number of carbonyl (C=O) groups excluding carboxylic acids is 2. The van der Waals surface area contributed by atoms with E-state index in [4.69, 9.17) is 0 Å². The van der Waals surface area contributed by atoms with Crippen molar-refractivity contribution in [2.45, 2.75) is 52.5 Å². The van der Waals surface area contributed by atoms with Gasteiger partial charge in [-0.2, -0.15) is 0 Å². The molecule has 3 rings (SSSR count). The van der Waals surface area contributed by atoms with E-state index in [1.165, 1.54) is 0 Å². The SMILES string of the molecule is CCC[C@@H](C)NC(=O)c1ccc2c(c1)CCCN2C(=O)c1ccc(C)cc1. The summed E-state index contributed by atoms with van der Waals surface area (Å²) in [7, 11) is 0. The number of hydrogen-bond donors (Lipinski definition) is 1. The fourth-order valence-electron chi connectivity index (χ4n) is 3.61. The van der Waals surface area contributed by atoms with Crippen LogP contribution in [0.1, 0.15) is 65.0 Å². The average molecular weight is 364 g/mol. The molecule has 2 aromatic carbocycles. The van der Waals surface area contributed by atoms with Crippen molar-refractivity contribution >= 4 is 17.5 Å². The van der Waals surface area contributed by atoms with Crippen LogP contribution in [0.2, 0.25) is 0 Å². The van der Waals surface area contributed by atoms with Crippen LogP contribution in [0.3, 0.4) is 0 Å². The van der Waals surface area contributed by atoms with E-state index in [-0.39, 0.29) is 17.9 Å². The van der Waals surface area contributed by atoms with Gasteiger partial charge in [-0.25, -0.2) is 0 Å². The van der Waals surface area contributed by atoms with Crippen molar-refractivity contribution in [3.63, 3.8) is 0 Å². The first-order valence-corrected chi connectivity index (χ1v) is 9.82. The van der Waals surface area contributed by atoms with Crippen LogP contribution in [-0.2, 0) is 6.42 Å². The van der Waals surface area contributed by atoms with Crippen molar-refractivity contribution in [3.8, 4) is 0 Å². The van der Waals surface area contributed by atoms with Gasteiger partial charge in [0.15, 0.2) is 0 Å². The normalized spacial score (nSPS) is 14.4. The van der Waals surface area contributed by atoms with Crippen molar-refractivity contribution in [2.75, 3.05) is 11.4 Å². The highest BCUT2D eigenvalue weighted by Gasteiger charge is 2.24. The van der Waals surface area contributed by atoms with Gasteiger partial charge < -0.3 is 10.2 Å². The molecule has 4 heteroatoms. The summed E-state index contributed by atoms with van der Waals surface area (Å²) in [4.78, 5) is 27.3. The summed E-state index contributed by atoms with van der Waals surface area (Å²) in [5.74, 6) is -0.0227. The zero-order valence-electron chi connectivity index (χ0n) is 16.4. The Kier molecular flexibility index (Phi) is 5.94. The minimum absolute atomic E-state index is 0.0183. The lowest BCUT2D eigenvalue weighted by Gasteiger charge is -2.30. The summed E-state index contributed by atoms with van der Waals surface area (Å²) in [5, 5.41) is 3.05.